The van der Waals surface area contributed by atoms with Crippen molar-refractivity contribution in [3.8, 4) is 23.0 Å². The summed E-state index contributed by atoms with van der Waals surface area (Å²) in [4.78, 5) is 41.2. The van der Waals surface area contributed by atoms with Gasteiger partial charge in [-0.1, -0.05) is 54.6 Å². The van der Waals surface area contributed by atoms with E-state index >= 15 is 0 Å². The number of anilines is 1. The van der Waals surface area contributed by atoms with E-state index in [2.05, 4.69) is 11.4 Å². The Balaban J connectivity index is 1.09. The maximum absolute atomic E-state index is 14.3. The molecule has 1 fully saturated rings. The molecular weight excluding hydrogens is 695 g/mol. The molecule has 0 bridgehead atoms. The molecule has 0 saturated heterocycles. The number of hydrogen-bond donors (Lipinski definition) is 1. The molecule has 1 N–H and O–H groups in total. The summed E-state index contributed by atoms with van der Waals surface area (Å²) in [5.41, 5.74) is 4.54. The second-order valence-electron chi connectivity index (χ2n) is 13.3. The fraction of sp³-hybridized carbons (Fsp3) is 0.200. The maximum Gasteiger partial charge on any atom is 0.341 e. The summed E-state index contributed by atoms with van der Waals surface area (Å²) in [5, 5.41) is 9.26. The molecule has 7 rings (SSSR count). The zero-order valence-corrected chi connectivity index (χ0v) is 30.8. The Morgan fingerprint density at radius 1 is 0.764 bits per heavy atom. The quantitative estimate of drug-likeness (QED) is 0.135. The van der Waals surface area contributed by atoms with E-state index < -0.39 is 29.9 Å². The number of esters is 1. The minimum absolute atomic E-state index is 0.0617. The van der Waals surface area contributed by atoms with Gasteiger partial charge in [-0.2, -0.15) is 5.10 Å². The minimum Gasteiger partial charge on any atom is -0.497 e. The van der Waals surface area contributed by atoms with Crippen LogP contribution >= 0.6 is 0 Å². The van der Waals surface area contributed by atoms with Gasteiger partial charge in [-0.15, -0.1) is 0 Å². The molecule has 0 radical (unpaired) electrons. The van der Waals surface area contributed by atoms with E-state index in [1.165, 1.54) is 5.01 Å². The van der Waals surface area contributed by atoms with Gasteiger partial charge >= 0.3 is 5.97 Å². The van der Waals surface area contributed by atoms with E-state index in [-0.39, 0.29) is 17.2 Å². The Hall–Kier alpha value is -6.68. The molecule has 10 nitrogen and oxygen atoms in total. The van der Waals surface area contributed by atoms with Crippen LogP contribution in [0.3, 0.4) is 0 Å². The molecule has 10 heteroatoms. The number of nitrogens with zero attached hydrogens (tertiary/aromatic N) is 2. The average molecular weight is 736 g/mol. The number of methoxy groups -OCH3 is 2. The number of fused-ring (bicyclic) bond motifs is 1. The summed E-state index contributed by atoms with van der Waals surface area (Å²) < 4.78 is 22.4. The molecule has 3 unspecified atom stereocenters. The lowest BCUT2D eigenvalue weighted by molar-refractivity contribution is -0.142. The molecule has 0 spiro atoms. The Bertz CT molecular complexity index is 2220. The highest BCUT2D eigenvalue weighted by Crippen LogP contribution is 2.45. The molecule has 1 aliphatic heterocycles. The fourth-order valence-corrected chi connectivity index (χ4v) is 6.94. The number of hydrogen-bond acceptors (Lipinski definition) is 8. The smallest absolute Gasteiger partial charge is 0.341 e. The first-order valence-corrected chi connectivity index (χ1v) is 18.2. The highest BCUT2D eigenvalue weighted by atomic mass is 16.5. The lowest BCUT2D eigenvalue weighted by Crippen LogP contribution is -2.39. The summed E-state index contributed by atoms with van der Waals surface area (Å²) in [6, 6.07) is 37.6. The highest BCUT2D eigenvalue weighted by Gasteiger charge is 2.45. The van der Waals surface area contributed by atoms with Crippen molar-refractivity contribution < 1.29 is 33.3 Å². The number of nitrogens with one attached hydrogen (secondary N) is 1. The molecule has 1 aliphatic carbocycles. The van der Waals surface area contributed by atoms with Gasteiger partial charge in [0.05, 0.1) is 37.2 Å². The minimum atomic E-state index is -1.19. The molecular formula is C45H41N3O7. The first kappa shape index (κ1) is 36.7. The SMILES string of the molecule is COc1ccc(/C=C2/CCCC3C2=NN(C(=O)C(C)OC(=O)c2ccccc2NC(=O)c2ccc(Oc4ccccc4)cc2)C3c2ccc(OC)cc2)cc1. The Morgan fingerprint density at radius 3 is 2.07 bits per heavy atom. The van der Waals surface area contributed by atoms with Crippen LogP contribution in [0.2, 0.25) is 0 Å². The van der Waals surface area contributed by atoms with Crippen molar-refractivity contribution >= 4 is 35.3 Å². The molecule has 2 amide bonds. The highest BCUT2D eigenvalue weighted by molar-refractivity contribution is 6.09. The number of carbonyl (C=O) groups excluding carboxylic acids is 3. The van der Waals surface area contributed by atoms with Crippen molar-refractivity contribution in [2.75, 3.05) is 19.5 Å². The lowest BCUT2D eigenvalue weighted by Gasteiger charge is -2.30. The predicted molar refractivity (Wildman–Crippen MR) is 211 cm³/mol. The van der Waals surface area contributed by atoms with Gasteiger partial charge in [-0.3, -0.25) is 9.59 Å². The van der Waals surface area contributed by atoms with Crippen LogP contribution in [-0.4, -0.2) is 48.8 Å². The number of rotatable bonds is 11. The Kier molecular flexibility index (Phi) is 11.0. The molecule has 1 heterocycles. The number of benzene rings is 5. The van der Waals surface area contributed by atoms with Crippen LogP contribution in [0.25, 0.3) is 6.08 Å². The lowest BCUT2D eigenvalue weighted by atomic mass is 9.77. The van der Waals surface area contributed by atoms with Crippen LogP contribution in [0.4, 0.5) is 5.69 Å². The van der Waals surface area contributed by atoms with Crippen LogP contribution in [-0.2, 0) is 9.53 Å². The molecule has 2 aliphatic rings. The number of ether oxygens (including phenoxy) is 4. The first-order chi connectivity index (χ1) is 26.8. The standard InChI is InChI=1S/C45H41N3O7/c1-29(54-45(51)38-13-7-8-15-40(38)46-43(49)32-20-26-37(27-21-32)55-36-11-5-4-6-12-36)44(50)48-42(31-18-24-35(53-3)25-19-31)39-14-9-10-33(41(39)47-48)28-30-16-22-34(52-2)23-17-30/h4-8,11-13,15-29,39,42H,9-10,14H2,1-3H3,(H,46,49)/b33-28-. The Labute approximate surface area is 320 Å². The normalized spacial score (nSPS) is 17.4. The summed E-state index contributed by atoms with van der Waals surface area (Å²) in [6.45, 7) is 1.54. The van der Waals surface area contributed by atoms with E-state index in [9.17, 15) is 14.4 Å². The topological polar surface area (TPSA) is 116 Å². The molecule has 55 heavy (non-hydrogen) atoms. The third-order valence-electron chi connectivity index (χ3n) is 9.76. The summed E-state index contributed by atoms with van der Waals surface area (Å²) in [5.74, 6) is 1.02. The monoisotopic (exact) mass is 735 g/mol. The van der Waals surface area contributed by atoms with E-state index in [4.69, 9.17) is 24.0 Å². The molecule has 5 aromatic carbocycles. The number of allylic oxidation sites excluding steroid dienone is 1. The third-order valence-corrected chi connectivity index (χ3v) is 9.76. The van der Waals surface area contributed by atoms with Crippen LogP contribution < -0.4 is 19.5 Å². The zero-order valence-electron chi connectivity index (χ0n) is 30.8. The summed E-state index contributed by atoms with van der Waals surface area (Å²) in [6.07, 6.45) is 3.51. The number of carbonyl (C=O) groups is 3. The predicted octanol–water partition coefficient (Wildman–Crippen LogP) is 9.12. The summed E-state index contributed by atoms with van der Waals surface area (Å²) >= 11 is 0. The average Bonchev–Trinajstić information content (AvgIpc) is 3.62. The van der Waals surface area contributed by atoms with Gasteiger partial charge in [0, 0.05) is 11.5 Å². The first-order valence-electron chi connectivity index (χ1n) is 18.2. The van der Waals surface area contributed by atoms with Crippen molar-refractivity contribution in [1.29, 1.82) is 0 Å². The zero-order chi connectivity index (χ0) is 38.3. The van der Waals surface area contributed by atoms with E-state index in [1.54, 1.807) is 69.7 Å². The van der Waals surface area contributed by atoms with Crippen molar-refractivity contribution in [2.45, 2.75) is 38.3 Å². The van der Waals surface area contributed by atoms with Gasteiger partial charge in [0.2, 0.25) is 0 Å². The third kappa shape index (κ3) is 8.28. The van der Waals surface area contributed by atoms with Gasteiger partial charge in [0.15, 0.2) is 6.10 Å². The van der Waals surface area contributed by atoms with Crippen LogP contribution in [0.1, 0.15) is 64.1 Å². The second-order valence-corrected chi connectivity index (χ2v) is 13.3. The number of hydrazone groups is 1. The Morgan fingerprint density at radius 2 is 1.38 bits per heavy atom. The van der Waals surface area contributed by atoms with Gasteiger partial charge in [0.25, 0.3) is 11.8 Å². The van der Waals surface area contributed by atoms with E-state index in [0.717, 1.165) is 47.4 Å². The summed E-state index contributed by atoms with van der Waals surface area (Å²) in [7, 11) is 3.25. The number of amides is 2. The second kappa shape index (κ2) is 16.6. The largest absolute Gasteiger partial charge is 0.497 e. The van der Waals surface area contributed by atoms with E-state index in [0.29, 0.717) is 22.8 Å². The van der Waals surface area contributed by atoms with Gasteiger partial charge in [-0.05, 0) is 122 Å². The van der Waals surface area contributed by atoms with Gasteiger partial charge in [0.1, 0.15) is 23.0 Å². The van der Waals surface area contributed by atoms with Crippen molar-refractivity contribution in [3.63, 3.8) is 0 Å². The van der Waals surface area contributed by atoms with Crippen LogP contribution in [0, 0.1) is 5.92 Å². The van der Waals surface area contributed by atoms with Crippen molar-refractivity contribution in [3.05, 3.63) is 155 Å². The van der Waals surface area contributed by atoms with Gasteiger partial charge in [-0.25, -0.2) is 9.80 Å². The fourth-order valence-electron chi connectivity index (χ4n) is 6.94. The van der Waals surface area contributed by atoms with E-state index in [1.807, 2.05) is 78.9 Å². The molecule has 278 valence electrons. The van der Waals surface area contributed by atoms with Crippen molar-refractivity contribution in [1.82, 2.24) is 5.01 Å². The van der Waals surface area contributed by atoms with Gasteiger partial charge < -0.3 is 24.3 Å². The maximum atomic E-state index is 14.3. The molecule has 0 aromatic heterocycles. The van der Waals surface area contributed by atoms with Crippen molar-refractivity contribution in [2.24, 2.45) is 11.0 Å². The molecule has 1 saturated carbocycles. The molecule has 5 aromatic rings. The van der Waals surface area contributed by atoms with Crippen LogP contribution in [0.15, 0.2) is 138 Å². The molecule has 3 atom stereocenters. The number of para-hydroxylation sites is 2. The van der Waals surface area contributed by atoms with Crippen LogP contribution in [0.5, 0.6) is 23.0 Å².